The Kier molecular flexibility index (Phi) is 3.51. The summed E-state index contributed by atoms with van der Waals surface area (Å²) in [5.41, 5.74) is 6.75. The van der Waals surface area contributed by atoms with Crippen LogP contribution in [0.15, 0.2) is 24.3 Å². The predicted octanol–water partition coefficient (Wildman–Crippen LogP) is 2.18. The molecule has 0 saturated heterocycles. The van der Waals surface area contributed by atoms with E-state index in [-0.39, 0.29) is 0 Å². The topological polar surface area (TPSA) is 49.8 Å². The van der Waals surface area contributed by atoms with Gasteiger partial charge >= 0.3 is 0 Å². The summed E-state index contributed by atoms with van der Waals surface area (Å²) in [6.45, 7) is 0.482. The van der Waals surface area contributed by atoms with Gasteiger partial charge in [-0.25, -0.2) is 0 Å². The highest BCUT2D eigenvalue weighted by Gasteiger charge is 1.97. The Hall–Kier alpha value is -1.30. The minimum Gasteiger partial charge on any atom is -0.327 e. The average molecular weight is 193 g/mol. The molecule has 0 saturated carbocycles. The summed E-state index contributed by atoms with van der Waals surface area (Å²) in [5, 5.41) is 9.16. The van der Waals surface area contributed by atoms with Gasteiger partial charge in [0.05, 0.1) is 11.6 Å². The van der Waals surface area contributed by atoms with Crippen molar-refractivity contribution in [1.82, 2.24) is 0 Å². The molecule has 2 N–H and O–H groups in total. The van der Waals surface area contributed by atoms with Gasteiger partial charge in [0, 0.05) is 11.6 Å². The van der Waals surface area contributed by atoms with Gasteiger partial charge < -0.3 is 5.73 Å². The molecule has 2 nitrogen and oxygen atoms in total. The monoisotopic (exact) mass is 192 g/mol. The van der Waals surface area contributed by atoms with Crippen LogP contribution < -0.4 is 5.73 Å². The average Bonchev–Trinajstić information content (AvgIpc) is 2.16. The third-order valence-corrected chi connectivity index (χ3v) is 1.89. The van der Waals surface area contributed by atoms with E-state index >= 15 is 0 Å². The van der Waals surface area contributed by atoms with Crippen molar-refractivity contribution in [1.29, 1.82) is 5.26 Å². The van der Waals surface area contributed by atoms with Gasteiger partial charge in [0.15, 0.2) is 0 Å². The van der Waals surface area contributed by atoms with Crippen LogP contribution >= 0.6 is 11.6 Å². The van der Waals surface area contributed by atoms with Crippen LogP contribution in [0.2, 0.25) is 5.02 Å². The normalized spacial score (nSPS) is 10.2. The van der Waals surface area contributed by atoms with Crippen molar-refractivity contribution in [2.75, 3.05) is 6.54 Å². The van der Waals surface area contributed by atoms with Gasteiger partial charge in [-0.2, -0.15) is 5.26 Å². The summed E-state index contributed by atoms with van der Waals surface area (Å²) in [5.74, 6) is 0. The molecule has 66 valence electrons. The number of hydrogen-bond acceptors (Lipinski definition) is 2. The molecule has 0 radical (unpaired) electrons. The van der Waals surface area contributed by atoms with Crippen LogP contribution in [0.3, 0.4) is 0 Å². The van der Waals surface area contributed by atoms with E-state index in [9.17, 15) is 0 Å². The fraction of sp³-hybridized carbons (Fsp3) is 0.100. The molecule has 1 aromatic rings. The van der Waals surface area contributed by atoms with Gasteiger partial charge in [-0.05, 0) is 17.7 Å². The largest absolute Gasteiger partial charge is 0.327 e. The second-order valence-electron chi connectivity index (χ2n) is 2.49. The van der Waals surface area contributed by atoms with Crippen molar-refractivity contribution < 1.29 is 0 Å². The highest BCUT2D eigenvalue weighted by molar-refractivity contribution is 6.32. The van der Waals surface area contributed by atoms with E-state index in [2.05, 4.69) is 0 Å². The molecule has 0 heterocycles. The zero-order chi connectivity index (χ0) is 9.68. The SMILES string of the molecule is N#Cc1ccc(C=CCN)c(Cl)c1. The van der Waals surface area contributed by atoms with Gasteiger partial charge in [-0.15, -0.1) is 0 Å². The van der Waals surface area contributed by atoms with E-state index in [4.69, 9.17) is 22.6 Å². The van der Waals surface area contributed by atoms with Gasteiger partial charge in [0.2, 0.25) is 0 Å². The molecular weight excluding hydrogens is 184 g/mol. The summed E-state index contributed by atoms with van der Waals surface area (Å²) >= 11 is 5.90. The quantitative estimate of drug-likeness (QED) is 0.781. The van der Waals surface area contributed by atoms with E-state index < -0.39 is 0 Å². The third kappa shape index (κ3) is 2.59. The number of rotatable bonds is 2. The summed E-state index contributed by atoms with van der Waals surface area (Å²) in [6, 6.07) is 7.18. The molecule has 0 unspecified atom stereocenters. The van der Waals surface area contributed by atoms with Crippen LogP contribution in [0, 0.1) is 11.3 Å². The highest BCUT2D eigenvalue weighted by atomic mass is 35.5. The molecule has 0 atom stereocenters. The van der Waals surface area contributed by atoms with E-state index in [0.717, 1.165) is 5.56 Å². The number of nitrogens with two attached hydrogens (primary N) is 1. The molecule has 0 aliphatic heterocycles. The fourth-order valence-corrected chi connectivity index (χ4v) is 1.17. The minimum atomic E-state index is 0.482. The third-order valence-electron chi connectivity index (χ3n) is 1.56. The van der Waals surface area contributed by atoms with Crippen LogP contribution in [-0.4, -0.2) is 6.54 Å². The Bertz CT molecular complexity index is 364. The maximum Gasteiger partial charge on any atom is 0.0992 e. The lowest BCUT2D eigenvalue weighted by atomic mass is 10.1. The zero-order valence-electron chi connectivity index (χ0n) is 7.00. The fourth-order valence-electron chi connectivity index (χ4n) is 0.927. The number of benzene rings is 1. The second-order valence-corrected chi connectivity index (χ2v) is 2.89. The molecule has 0 spiro atoms. The summed E-state index contributed by atoms with van der Waals surface area (Å²) < 4.78 is 0. The van der Waals surface area contributed by atoms with Crippen LogP contribution in [0.5, 0.6) is 0 Å². The number of hydrogen-bond donors (Lipinski definition) is 1. The van der Waals surface area contributed by atoms with Crippen LogP contribution in [0.1, 0.15) is 11.1 Å². The molecule has 0 aromatic heterocycles. The van der Waals surface area contributed by atoms with E-state index in [1.54, 1.807) is 18.2 Å². The number of nitriles is 1. The Morgan fingerprint density at radius 1 is 1.54 bits per heavy atom. The Labute approximate surface area is 82.2 Å². The Balaban J connectivity index is 3.00. The van der Waals surface area contributed by atoms with Crippen molar-refractivity contribution in [2.45, 2.75) is 0 Å². The van der Waals surface area contributed by atoms with E-state index in [0.29, 0.717) is 17.1 Å². The van der Waals surface area contributed by atoms with Crippen molar-refractivity contribution in [2.24, 2.45) is 5.73 Å². The molecular formula is C10H9ClN2. The maximum absolute atomic E-state index is 8.58. The van der Waals surface area contributed by atoms with Crippen molar-refractivity contribution >= 4 is 17.7 Å². The smallest absolute Gasteiger partial charge is 0.0992 e. The minimum absolute atomic E-state index is 0.482. The first kappa shape index (κ1) is 9.79. The van der Waals surface area contributed by atoms with Crippen LogP contribution in [0.25, 0.3) is 6.08 Å². The predicted molar refractivity (Wildman–Crippen MR) is 54.3 cm³/mol. The van der Waals surface area contributed by atoms with Crippen molar-refractivity contribution in [3.63, 3.8) is 0 Å². The lowest BCUT2D eigenvalue weighted by Crippen LogP contribution is -1.92. The molecule has 13 heavy (non-hydrogen) atoms. The zero-order valence-corrected chi connectivity index (χ0v) is 7.75. The standard InChI is InChI=1S/C10H9ClN2/c11-10-6-8(7-13)3-4-9(10)2-1-5-12/h1-4,6H,5,12H2. The molecule has 1 rings (SSSR count). The van der Waals surface area contributed by atoms with Gasteiger partial charge in [0.1, 0.15) is 0 Å². The number of halogens is 1. The van der Waals surface area contributed by atoms with Crippen molar-refractivity contribution in [3.05, 3.63) is 40.4 Å². The first-order valence-electron chi connectivity index (χ1n) is 3.84. The second kappa shape index (κ2) is 4.66. The van der Waals surface area contributed by atoms with E-state index in [1.807, 2.05) is 18.2 Å². The molecule has 0 aliphatic carbocycles. The van der Waals surface area contributed by atoms with Crippen molar-refractivity contribution in [3.8, 4) is 6.07 Å². The summed E-state index contributed by atoms with van der Waals surface area (Å²) in [7, 11) is 0. The molecule has 1 aromatic carbocycles. The highest BCUT2D eigenvalue weighted by Crippen LogP contribution is 2.18. The molecule has 0 fully saturated rings. The Morgan fingerprint density at radius 2 is 2.31 bits per heavy atom. The molecule has 0 amide bonds. The van der Waals surface area contributed by atoms with Gasteiger partial charge in [0.25, 0.3) is 0 Å². The lowest BCUT2D eigenvalue weighted by molar-refractivity contribution is 1.26. The van der Waals surface area contributed by atoms with Gasteiger partial charge in [-0.3, -0.25) is 0 Å². The molecule has 3 heteroatoms. The van der Waals surface area contributed by atoms with E-state index in [1.165, 1.54) is 0 Å². The first-order chi connectivity index (χ1) is 6.27. The van der Waals surface area contributed by atoms with Crippen LogP contribution in [-0.2, 0) is 0 Å². The molecule has 0 aliphatic rings. The molecule has 0 bridgehead atoms. The first-order valence-corrected chi connectivity index (χ1v) is 4.22. The number of nitrogens with zero attached hydrogens (tertiary/aromatic N) is 1. The maximum atomic E-state index is 8.58. The lowest BCUT2D eigenvalue weighted by Gasteiger charge is -1.97. The van der Waals surface area contributed by atoms with Crippen LogP contribution in [0.4, 0.5) is 0 Å². The summed E-state index contributed by atoms with van der Waals surface area (Å²) in [6.07, 6.45) is 3.65. The Morgan fingerprint density at radius 3 is 2.85 bits per heavy atom. The summed E-state index contributed by atoms with van der Waals surface area (Å²) in [4.78, 5) is 0. The van der Waals surface area contributed by atoms with Gasteiger partial charge in [-0.1, -0.05) is 29.8 Å².